The van der Waals surface area contributed by atoms with Gasteiger partial charge < -0.3 is 4.90 Å². The van der Waals surface area contributed by atoms with E-state index in [1.807, 2.05) is 54.6 Å². The largest absolute Gasteiger partial charge is 0.304 e. The Morgan fingerprint density at radius 2 is 1.67 bits per heavy atom. The fraction of sp³-hybridized carbons (Fsp3) is 0.0952. The third-order valence-corrected chi connectivity index (χ3v) is 5.94. The lowest BCUT2D eigenvalue weighted by Crippen LogP contribution is -2.29. The highest BCUT2D eigenvalue weighted by atomic mass is 32.2. The molecule has 2 aromatic rings. The molecule has 134 valence electrons. The quantitative estimate of drug-likeness (QED) is 0.448. The van der Waals surface area contributed by atoms with Crippen LogP contribution < -0.4 is 4.90 Å². The highest BCUT2D eigenvalue weighted by molar-refractivity contribution is 8.26. The number of nitrogens with zero attached hydrogens (tertiary/aromatic N) is 2. The van der Waals surface area contributed by atoms with Crippen LogP contribution in [0.5, 0.6) is 0 Å². The molecule has 0 saturated carbocycles. The molecule has 2 aliphatic heterocycles. The molecule has 0 N–H and O–H groups in total. The van der Waals surface area contributed by atoms with Gasteiger partial charge in [0.15, 0.2) is 0 Å². The Balaban J connectivity index is 1.75. The SMILES string of the molecule is C=CCN1C(=O)C(=C2SC(=S)N(Cc3ccccc3)C2=O)c2ccccc21. The molecule has 0 bridgehead atoms. The predicted octanol–water partition coefficient (Wildman–Crippen LogP) is 3.99. The van der Waals surface area contributed by atoms with Crippen molar-refractivity contribution in [1.29, 1.82) is 0 Å². The number of carbonyl (C=O) groups excluding carboxylic acids is 2. The van der Waals surface area contributed by atoms with Gasteiger partial charge in [0.05, 0.1) is 22.7 Å². The van der Waals surface area contributed by atoms with Crippen molar-refractivity contribution in [3.63, 3.8) is 0 Å². The van der Waals surface area contributed by atoms with Crippen LogP contribution in [-0.4, -0.2) is 27.6 Å². The van der Waals surface area contributed by atoms with E-state index < -0.39 is 0 Å². The zero-order chi connectivity index (χ0) is 19.0. The van der Waals surface area contributed by atoms with Gasteiger partial charge >= 0.3 is 0 Å². The number of para-hydroxylation sites is 1. The third-order valence-electron chi connectivity index (χ3n) is 4.49. The van der Waals surface area contributed by atoms with E-state index in [0.29, 0.717) is 27.9 Å². The average molecular weight is 393 g/mol. The summed E-state index contributed by atoms with van der Waals surface area (Å²) in [6.07, 6.45) is 1.68. The van der Waals surface area contributed by atoms with Crippen LogP contribution in [0.4, 0.5) is 5.69 Å². The number of thioether (sulfide) groups is 1. The van der Waals surface area contributed by atoms with E-state index in [1.165, 1.54) is 11.8 Å². The van der Waals surface area contributed by atoms with Crippen LogP contribution in [0, 0.1) is 0 Å². The number of anilines is 1. The van der Waals surface area contributed by atoms with Gasteiger partial charge in [0.2, 0.25) is 0 Å². The number of thiocarbonyl (C=S) groups is 1. The van der Waals surface area contributed by atoms with Gasteiger partial charge in [-0.2, -0.15) is 0 Å². The van der Waals surface area contributed by atoms with Gasteiger partial charge in [0.1, 0.15) is 4.32 Å². The van der Waals surface area contributed by atoms with Gasteiger partial charge in [-0.1, -0.05) is 78.6 Å². The predicted molar refractivity (Wildman–Crippen MR) is 113 cm³/mol. The Morgan fingerprint density at radius 3 is 2.41 bits per heavy atom. The Hall–Kier alpha value is -2.70. The second-order valence-corrected chi connectivity index (χ2v) is 7.81. The molecule has 6 heteroatoms. The number of rotatable bonds is 4. The van der Waals surface area contributed by atoms with Crippen molar-refractivity contribution in [2.45, 2.75) is 6.54 Å². The molecule has 4 rings (SSSR count). The van der Waals surface area contributed by atoms with Crippen LogP contribution in [0.1, 0.15) is 11.1 Å². The lowest BCUT2D eigenvalue weighted by atomic mass is 10.1. The van der Waals surface area contributed by atoms with Crippen LogP contribution >= 0.6 is 24.0 Å². The van der Waals surface area contributed by atoms with Crippen LogP contribution in [0.2, 0.25) is 0 Å². The second-order valence-electron chi connectivity index (χ2n) is 6.17. The normalized spacial score (nSPS) is 19.0. The Kier molecular flexibility index (Phi) is 4.68. The van der Waals surface area contributed by atoms with Gasteiger partial charge in [0.25, 0.3) is 11.8 Å². The molecule has 27 heavy (non-hydrogen) atoms. The summed E-state index contributed by atoms with van der Waals surface area (Å²) in [5.41, 5.74) is 2.99. The number of benzene rings is 2. The van der Waals surface area contributed by atoms with Gasteiger partial charge in [-0.05, 0) is 11.6 Å². The van der Waals surface area contributed by atoms with Gasteiger partial charge in [-0.3, -0.25) is 14.5 Å². The minimum Gasteiger partial charge on any atom is -0.304 e. The molecular weight excluding hydrogens is 376 g/mol. The third kappa shape index (κ3) is 3.01. The maximum absolute atomic E-state index is 13.1. The summed E-state index contributed by atoms with van der Waals surface area (Å²) in [6, 6.07) is 17.2. The summed E-state index contributed by atoms with van der Waals surface area (Å²) < 4.78 is 0.471. The lowest BCUT2D eigenvalue weighted by molar-refractivity contribution is -0.122. The molecule has 0 unspecified atom stereocenters. The number of fused-ring (bicyclic) bond motifs is 1. The highest BCUT2D eigenvalue weighted by Crippen LogP contribution is 2.44. The van der Waals surface area contributed by atoms with Crippen molar-refractivity contribution < 1.29 is 9.59 Å². The average Bonchev–Trinajstić information content (AvgIpc) is 3.11. The topological polar surface area (TPSA) is 40.6 Å². The smallest absolute Gasteiger partial charge is 0.267 e. The molecule has 2 aromatic carbocycles. The van der Waals surface area contributed by atoms with E-state index in [1.54, 1.807) is 15.9 Å². The summed E-state index contributed by atoms with van der Waals surface area (Å²) in [5, 5.41) is 0. The summed E-state index contributed by atoms with van der Waals surface area (Å²) in [4.78, 5) is 29.7. The van der Waals surface area contributed by atoms with Crippen molar-refractivity contribution in [3.8, 4) is 0 Å². The maximum Gasteiger partial charge on any atom is 0.267 e. The van der Waals surface area contributed by atoms with Gasteiger partial charge in [0, 0.05) is 12.1 Å². The first-order chi connectivity index (χ1) is 13.1. The van der Waals surface area contributed by atoms with Crippen molar-refractivity contribution in [2.24, 2.45) is 0 Å². The van der Waals surface area contributed by atoms with Crippen molar-refractivity contribution >= 4 is 51.4 Å². The number of hydrogen-bond acceptors (Lipinski definition) is 4. The lowest BCUT2D eigenvalue weighted by Gasteiger charge is -2.14. The fourth-order valence-electron chi connectivity index (χ4n) is 3.26. The minimum absolute atomic E-state index is 0.184. The molecule has 0 aliphatic carbocycles. The molecule has 4 nitrogen and oxygen atoms in total. The fourth-order valence-corrected chi connectivity index (χ4v) is 4.59. The number of amides is 2. The van der Waals surface area contributed by atoms with E-state index in [-0.39, 0.29) is 11.8 Å². The van der Waals surface area contributed by atoms with Crippen molar-refractivity contribution in [2.75, 3.05) is 11.4 Å². The summed E-state index contributed by atoms with van der Waals surface area (Å²) in [6.45, 7) is 4.52. The molecule has 2 amide bonds. The Labute approximate surface area is 167 Å². The van der Waals surface area contributed by atoms with E-state index in [9.17, 15) is 9.59 Å². The van der Waals surface area contributed by atoms with Crippen LogP contribution in [0.3, 0.4) is 0 Å². The first-order valence-electron chi connectivity index (χ1n) is 8.46. The molecule has 0 radical (unpaired) electrons. The minimum atomic E-state index is -0.215. The summed E-state index contributed by atoms with van der Waals surface area (Å²) >= 11 is 6.64. The molecule has 0 atom stereocenters. The van der Waals surface area contributed by atoms with Gasteiger partial charge in [-0.15, -0.1) is 6.58 Å². The monoisotopic (exact) mass is 392 g/mol. The van der Waals surface area contributed by atoms with E-state index in [2.05, 4.69) is 6.58 Å². The van der Waals surface area contributed by atoms with Crippen LogP contribution in [0.15, 0.2) is 72.2 Å². The molecule has 1 fully saturated rings. The maximum atomic E-state index is 13.1. The van der Waals surface area contributed by atoms with Crippen molar-refractivity contribution in [1.82, 2.24) is 4.90 Å². The Morgan fingerprint density at radius 1 is 0.963 bits per heavy atom. The van der Waals surface area contributed by atoms with E-state index >= 15 is 0 Å². The molecule has 1 saturated heterocycles. The molecule has 2 aliphatic rings. The van der Waals surface area contributed by atoms with E-state index in [0.717, 1.165) is 16.8 Å². The number of carbonyl (C=O) groups is 2. The zero-order valence-electron chi connectivity index (χ0n) is 14.4. The Bertz CT molecular complexity index is 998. The first-order valence-corrected chi connectivity index (χ1v) is 9.68. The summed E-state index contributed by atoms with van der Waals surface area (Å²) in [5.74, 6) is -0.399. The molecular formula is C21H16N2O2S2. The summed E-state index contributed by atoms with van der Waals surface area (Å²) in [7, 11) is 0. The first kappa shape index (κ1) is 17.7. The highest BCUT2D eigenvalue weighted by Gasteiger charge is 2.41. The van der Waals surface area contributed by atoms with Crippen LogP contribution in [-0.2, 0) is 16.1 Å². The van der Waals surface area contributed by atoms with Crippen molar-refractivity contribution in [3.05, 3.63) is 83.3 Å². The molecule has 0 spiro atoms. The zero-order valence-corrected chi connectivity index (χ0v) is 16.1. The van der Waals surface area contributed by atoms with E-state index in [4.69, 9.17) is 12.2 Å². The van der Waals surface area contributed by atoms with Gasteiger partial charge in [-0.25, -0.2) is 0 Å². The molecule has 0 aromatic heterocycles. The molecule has 2 heterocycles. The van der Waals surface area contributed by atoms with Crippen LogP contribution in [0.25, 0.3) is 5.57 Å². The standard InChI is InChI=1S/C21H16N2O2S2/c1-2-12-22-16-11-7-6-10-15(16)17(19(22)24)18-20(25)23(21(26)27-18)13-14-8-4-3-5-9-14/h2-11H,1,12-13H2. The second kappa shape index (κ2) is 7.13. The number of hydrogen-bond donors (Lipinski definition) is 0.